The zero-order valence-corrected chi connectivity index (χ0v) is 12.8. The molecular formula is C10H19N3O5S2. The predicted octanol–water partition coefficient (Wildman–Crippen LogP) is -0.863. The summed E-state index contributed by atoms with van der Waals surface area (Å²) in [5, 5.41) is 11.4. The van der Waals surface area contributed by atoms with E-state index in [-0.39, 0.29) is 31.6 Å². The third-order valence-corrected chi connectivity index (χ3v) is 4.48. The van der Waals surface area contributed by atoms with Crippen molar-refractivity contribution in [3.63, 3.8) is 0 Å². The van der Waals surface area contributed by atoms with Crippen LogP contribution in [0.1, 0.15) is 6.42 Å². The minimum absolute atomic E-state index is 0.0813. The molecule has 1 unspecified atom stereocenters. The fourth-order valence-electron chi connectivity index (χ4n) is 1.80. The molecule has 1 atom stereocenters. The Kier molecular flexibility index (Phi) is 6.56. The molecule has 8 nitrogen and oxygen atoms in total. The number of carbonyl (C=O) groups excluding carboxylic acids is 1. The molecule has 0 aromatic carbocycles. The Labute approximate surface area is 122 Å². The molecule has 10 heteroatoms. The second kappa shape index (κ2) is 7.70. The number of carboxylic acids is 1. The summed E-state index contributed by atoms with van der Waals surface area (Å²) in [5.41, 5.74) is 0. The molecule has 0 aromatic heterocycles. The van der Waals surface area contributed by atoms with Gasteiger partial charge in [0.25, 0.3) is 0 Å². The first-order valence-electron chi connectivity index (χ1n) is 6.08. The van der Waals surface area contributed by atoms with Crippen molar-refractivity contribution in [3.8, 4) is 0 Å². The summed E-state index contributed by atoms with van der Waals surface area (Å²) in [4.78, 5) is 24.2. The van der Waals surface area contributed by atoms with Crippen LogP contribution in [0.3, 0.4) is 0 Å². The van der Waals surface area contributed by atoms with Gasteiger partial charge in [0.15, 0.2) is 0 Å². The average molecular weight is 325 g/mol. The van der Waals surface area contributed by atoms with Crippen molar-refractivity contribution in [3.05, 3.63) is 0 Å². The molecular weight excluding hydrogens is 306 g/mol. The second-order valence-electron chi connectivity index (χ2n) is 4.42. The van der Waals surface area contributed by atoms with E-state index in [0.717, 1.165) is 12.0 Å². The molecule has 1 fully saturated rings. The molecule has 0 radical (unpaired) electrons. The first-order valence-corrected chi connectivity index (χ1v) is 9.13. The molecule has 3 N–H and O–H groups in total. The van der Waals surface area contributed by atoms with Gasteiger partial charge in [-0.15, -0.1) is 0 Å². The smallest absolute Gasteiger partial charge is 0.317 e. The van der Waals surface area contributed by atoms with E-state index in [0.29, 0.717) is 12.3 Å². The highest BCUT2D eigenvalue weighted by molar-refractivity contribution is 7.99. The van der Waals surface area contributed by atoms with Crippen LogP contribution < -0.4 is 10.0 Å². The van der Waals surface area contributed by atoms with Crippen molar-refractivity contribution in [2.75, 3.05) is 37.4 Å². The monoisotopic (exact) mass is 325 g/mol. The number of sulfonamides is 1. The van der Waals surface area contributed by atoms with Crippen molar-refractivity contribution in [2.24, 2.45) is 0 Å². The highest BCUT2D eigenvalue weighted by atomic mass is 32.2. The lowest BCUT2D eigenvalue weighted by Gasteiger charge is -2.34. The lowest BCUT2D eigenvalue weighted by atomic mass is 10.2. The molecule has 0 aliphatic carbocycles. The van der Waals surface area contributed by atoms with Crippen LogP contribution in [0.25, 0.3) is 0 Å². The van der Waals surface area contributed by atoms with Gasteiger partial charge in [-0.25, -0.2) is 17.9 Å². The van der Waals surface area contributed by atoms with Crippen molar-refractivity contribution in [1.82, 2.24) is 14.9 Å². The fourth-order valence-corrected chi connectivity index (χ4v) is 3.34. The van der Waals surface area contributed by atoms with Gasteiger partial charge in [0.1, 0.15) is 0 Å². The second-order valence-corrected chi connectivity index (χ2v) is 7.40. The summed E-state index contributed by atoms with van der Waals surface area (Å²) >= 11 is 1.62. The molecule has 1 rings (SSSR count). The topological polar surface area (TPSA) is 116 Å². The highest BCUT2D eigenvalue weighted by Gasteiger charge is 2.28. The number of carbonyl (C=O) groups is 2. The Morgan fingerprint density at radius 3 is 2.70 bits per heavy atom. The van der Waals surface area contributed by atoms with E-state index < -0.39 is 16.0 Å². The number of thioether (sulfide) groups is 1. The summed E-state index contributed by atoms with van der Waals surface area (Å²) < 4.78 is 24.0. The Bertz CT molecular complexity index is 454. The minimum atomic E-state index is -3.27. The maximum absolute atomic E-state index is 11.9. The normalized spacial score (nSPS) is 19.6. The number of aliphatic carboxylic acids is 1. The van der Waals surface area contributed by atoms with Gasteiger partial charge in [0.05, 0.1) is 18.7 Å². The van der Waals surface area contributed by atoms with Crippen molar-refractivity contribution in [1.29, 1.82) is 0 Å². The van der Waals surface area contributed by atoms with Crippen LogP contribution in [0.15, 0.2) is 0 Å². The molecule has 1 aliphatic heterocycles. The van der Waals surface area contributed by atoms with Gasteiger partial charge < -0.3 is 15.3 Å². The van der Waals surface area contributed by atoms with Gasteiger partial charge in [0, 0.05) is 31.1 Å². The molecule has 1 saturated heterocycles. The van der Waals surface area contributed by atoms with Gasteiger partial charge in [-0.1, -0.05) is 0 Å². The Hall–Kier alpha value is -1.00. The van der Waals surface area contributed by atoms with Crippen LogP contribution in [-0.2, 0) is 14.8 Å². The van der Waals surface area contributed by atoms with E-state index in [4.69, 9.17) is 5.11 Å². The molecule has 1 heterocycles. The number of amides is 2. The first-order chi connectivity index (χ1) is 9.29. The highest BCUT2D eigenvalue weighted by Crippen LogP contribution is 2.18. The van der Waals surface area contributed by atoms with Crippen molar-refractivity contribution >= 4 is 33.8 Å². The van der Waals surface area contributed by atoms with Crippen LogP contribution in [0.5, 0.6) is 0 Å². The molecule has 116 valence electrons. The van der Waals surface area contributed by atoms with Gasteiger partial charge >= 0.3 is 12.0 Å². The number of carboxylic acid groups (broad SMARTS) is 1. The summed E-state index contributed by atoms with van der Waals surface area (Å²) in [6.45, 7) is 0.764. The first kappa shape index (κ1) is 17.1. The number of rotatable bonds is 6. The number of hydrogen-bond acceptors (Lipinski definition) is 5. The predicted molar refractivity (Wildman–Crippen MR) is 76.3 cm³/mol. The molecule has 0 bridgehead atoms. The van der Waals surface area contributed by atoms with Crippen LogP contribution >= 0.6 is 11.8 Å². The molecule has 0 aromatic rings. The van der Waals surface area contributed by atoms with Gasteiger partial charge in [-0.3, -0.25) is 4.79 Å². The van der Waals surface area contributed by atoms with Crippen molar-refractivity contribution < 1.29 is 23.1 Å². The largest absolute Gasteiger partial charge is 0.481 e. The van der Waals surface area contributed by atoms with Crippen LogP contribution in [0.2, 0.25) is 0 Å². The van der Waals surface area contributed by atoms with Gasteiger partial charge in [-0.2, -0.15) is 11.8 Å². The summed E-state index contributed by atoms with van der Waals surface area (Å²) in [6, 6.07) is -0.680. The number of hydrogen-bond donors (Lipinski definition) is 3. The van der Waals surface area contributed by atoms with E-state index in [1.807, 2.05) is 0 Å². The van der Waals surface area contributed by atoms with Gasteiger partial charge in [0.2, 0.25) is 10.0 Å². The Morgan fingerprint density at radius 1 is 1.40 bits per heavy atom. The maximum Gasteiger partial charge on any atom is 0.317 e. The van der Waals surface area contributed by atoms with Gasteiger partial charge in [-0.05, 0) is 0 Å². The standard InChI is InChI=1S/C10H19N3O5S2/c1-20(17,18)12-3-2-11-10(16)13-4-5-19-7-8(13)6-9(14)15/h8,12H,2-7H2,1H3,(H,11,16)(H,14,15). The zero-order valence-electron chi connectivity index (χ0n) is 11.2. The van der Waals surface area contributed by atoms with E-state index in [9.17, 15) is 18.0 Å². The molecule has 20 heavy (non-hydrogen) atoms. The quantitative estimate of drug-likeness (QED) is 0.547. The molecule has 0 saturated carbocycles. The lowest BCUT2D eigenvalue weighted by Crippen LogP contribution is -2.52. The molecule has 1 aliphatic rings. The van der Waals surface area contributed by atoms with E-state index in [1.165, 1.54) is 4.90 Å². The maximum atomic E-state index is 11.9. The number of urea groups is 1. The summed E-state index contributed by atoms with van der Waals surface area (Å²) in [7, 11) is -3.27. The van der Waals surface area contributed by atoms with E-state index in [2.05, 4.69) is 10.0 Å². The minimum Gasteiger partial charge on any atom is -0.481 e. The van der Waals surface area contributed by atoms with Crippen molar-refractivity contribution in [2.45, 2.75) is 12.5 Å². The third-order valence-electron chi connectivity index (χ3n) is 2.66. The van der Waals surface area contributed by atoms with E-state index in [1.54, 1.807) is 11.8 Å². The molecule has 0 spiro atoms. The van der Waals surface area contributed by atoms with Crippen LogP contribution in [0.4, 0.5) is 4.79 Å². The zero-order chi connectivity index (χ0) is 15.2. The summed E-state index contributed by atoms with van der Waals surface area (Å²) in [6.07, 6.45) is 0.960. The average Bonchev–Trinajstić information content (AvgIpc) is 2.33. The number of nitrogens with zero attached hydrogens (tertiary/aromatic N) is 1. The number of nitrogens with one attached hydrogen (secondary N) is 2. The fraction of sp³-hybridized carbons (Fsp3) is 0.800. The Balaban J connectivity index is 2.41. The Morgan fingerprint density at radius 2 is 2.10 bits per heavy atom. The lowest BCUT2D eigenvalue weighted by molar-refractivity contribution is -0.138. The molecule has 2 amide bonds. The SMILES string of the molecule is CS(=O)(=O)NCCNC(=O)N1CCSCC1CC(=O)O. The third kappa shape index (κ3) is 6.44. The van der Waals surface area contributed by atoms with Crippen LogP contribution in [-0.4, -0.2) is 73.9 Å². The summed E-state index contributed by atoms with van der Waals surface area (Å²) in [5.74, 6) is 0.431. The van der Waals surface area contributed by atoms with E-state index >= 15 is 0 Å². The van der Waals surface area contributed by atoms with Crippen LogP contribution in [0, 0.1) is 0 Å².